The van der Waals surface area contributed by atoms with Crippen molar-refractivity contribution in [1.82, 2.24) is 4.90 Å². The first-order valence-corrected chi connectivity index (χ1v) is 10.1. The van der Waals surface area contributed by atoms with Crippen molar-refractivity contribution in [2.45, 2.75) is 6.42 Å². The van der Waals surface area contributed by atoms with Gasteiger partial charge in [-0.25, -0.2) is 4.79 Å². The molecule has 154 valence electrons. The van der Waals surface area contributed by atoms with Crippen LogP contribution in [0, 0.1) is 0 Å². The lowest BCUT2D eigenvalue weighted by atomic mass is 10.1. The Morgan fingerprint density at radius 1 is 0.900 bits per heavy atom. The van der Waals surface area contributed by atoms with Gasteiger partial charge < -0.3 is 19.6 Å². The molecule has 0 bridgehead atoms. The number of ether oxygens (including phenoxy) is 1. The van der Waals surface area contributed by atoms with Crippen molar-refractivity contribution in [2.24, 2.45) is 0 Å². The minimum Gasteiger partial charge on any atom is -0.492 e. The topological polar surface area (TPSA) is 70.1 Å². The second kappa shape index (κ2) is 8.86. The van der Waals surface area contributed by atoms with Gasteiger partial charge in [0.05, 0.1) is 18.6 Å². The Kier molecular flexibility index (Phi) is 5.84. The van der Waals surface area contributed by atoms with Crippen LogP contribution in [0.5, 0.6) is 5.75 Å². The van der Waals surface area contributed by atoms with Crippen LogP contribution in [0.25, 0.3) is 10.8 Å². The second-order valence-electron chi connectivity index (χ2n) is 7.30. The number of aromatic carboxylic acids is 1. The molecular weight excluding hydrogens is 380 g/mol. The molecule has 0 spiro atoms. The van der Waals surface area contributed by atoms with Crippen LogP contribution in [0.4, 0.5) is 5.69 Å². The van der Waals surface area contributed by atoms with Crippen LogP contribution in [0.3, 0.4) is 0 Å². The van der Waals surface area contributed by atoms with Gasteiger partial charge in [0.25, 0.3) is 0 Å². The van der Waals surface area contributed by atoms with Crippen LogP contribution in [-0.2, 0) is 4.79 Å². The lowest BCUT2D eigenvalue weighted by molar-refractivity contribution is -0.132. The standard InChI is InChI=1S/C24H24N2O4/c27-23(11-16-30-22-10-4-6-18-5-1-2-9-21(18)22)26-14-12-25(13-15-26)20-8-3-7-19(17-20)24(28)29/h1-10,17H,11-16H2,(H,28,29). The van der Waals surface area contributed by atoms with Crippen LogP contribution in [0.1, 0.15) is 16.8 Å². The highest BCUT2D eigenvalue weighted by molar-refractivity contribution is 5.89. The Hall–Kier alpha value is -3.54. The number of amides is 1. The Morgan fingerprint density at radius 3 is 2.43 bits per heavy atom. The maximum absolute atomic E-state index is 12.6. The van der Waals surface area contributed by atoms with Gasteiger partial charge in [0, 0.05) is 37.3 Å². The molecule has 3 aromatic carbocycles. The summed E-state index contributed by atoms with van der Waals surface area (Å²) in [6, 6.07) is 20.9. The number of carboxylic acids is 1. The molecular formula is C24H24N2O4. The van der Waals surface area contributed by atoms with Gasteiger partial charge in [0.2, 0.25) is 5.91 Å². The number of piperazine rings is 1. The van der Waals surface area contributed by atoms with Crippen LogP contribution in [0.15, 0.2) is 66.7 Å². The molecule has 1 heterocycles. The molecule has 30 heavy (non-hydrogen) atoms. The number of carboxylic acid groups (broad SMARTS) is 1. The molecule has 1 N–H and O–H groups in total. The number of nitrogens with zero attached hydrogens (tertiary/aromatic N) is 2. The summed E-state index contributed by atoms with van der Waals surface area (Å²) < 4.78 is 5.89. The van der Waals surface area contributed by atoms with Crippen molar-refractivity contribution in [1.29, 1.82) is 0 Å². The minimum absolute atomic E-state index is 0.0779. The monoisotopic (exact) mass is 404 g/mol. The molecule has 1 aliphatic heterocycles. The van der Waals surface area contributed by atoms with Gasteiger partial charge in [-0.3, -0.25) is 4.79 Å². The van der Waals surface area contributed by atoms with Gasteiger partial charge in [-0.05, 0) is 29.7 Å². The number of anilines is 1. The third kappa shape index (κ3) is 4.38. The summed E-state index contributed by atoms with van der Waals surface area (Å²) >= 11 is 0. The van der Waals surface area contributed by atoms with Crippen LogP contribution < -0.4 is 9.64 Å². The van der Waals surface area contributed by atoms with E-state index in [1.54, 1.807) is 18.2 Å². The zero-order valence-corrected chi connectivity index (χ0v) is 16.7. The van der Waals surface area contributed by atoms with Crippen molar-refractivity contribution in [2.75, 3.05) is 37.7 Å². The van der Waals surface area contributed by atoms with Gasteiger partial charge in [-0.1, -0.05) is 42.5 Å². The lowest BCUT2D eigenvalue weighted by Gasteiger charge is -2.36. The van der Waals surface area contributed by atoms with E-state index < -0.39 is 5.97 Å². The van der Waals surface area contributed by atoms with Gasteiger partial charge in [-0.2, -0.15) is 0 Å². The lowest BCUT2D eigenvalue weighted by Crippen LogP contribution is -2.49. The molecule has 0 atom stereocenters. The van der Waals surface area contributed by atoms with Crippen LogP contribution >= 0.6 is 0 Å². The molecule has 1 aliphatic rings. The quantitative estimate of drug-likeness (QED) is 0.679. The number of hydrogen-bond acceptors (Lipinski definition) is 4. The van der Waals surface area contributed by atoms with Crippen molar-refractivity contribution < 1.29 is 19.4 Å². The summed E-state index contributed by atoms with van der Waals surface area (Å²) in [5.74, 6) is -0.0601. The molecule has 1 fully saturated rings. The number of benzene rings is 3. The molecule has 6 heteroatoms. The summed E-state index contributed by atoms with van der Waals surface area (Å²) in [4.78, 5) is 27.7. The first kappa shape index (κ1) is 19.8. The van der Waals surface area contributed by atoms with E-state index >= 15 is 0 Å². The van der Waals surface area contributed by atoms with E-state index in [1.807, 2.05) is 53.4 Å². The van der Waals surface area contributed by atoms with E-state index in [1.165, 1.54) is 0 Å². The molecule has 0 aromatic heterocycles. The summed E-state index contributed by atoms with van der Waals surface area (Å²) in [5.41, 5.74) is 1.15. The number of carbonyl (C=O) groups excluding carboxylic acids is 1. The van der Waals surface area contributed by atoms with Crippen LogP contribution in [0.2, 0.25) is 0 Å². The van der Waals surface area contributed by atoms with E-state index in [9.17, 15) is 9.59 Å². The first-order valence-electron chi connectivity index (χ1n) is 10.1. The Balaban J connectivity index is 1.28. The predicted octanol–water partition coefficient (Wildman–Crippen LogP) is 3.66. The highest BCUT2D eigenvalue weighted by Crippen LogP contribution is 2.25. The normalized spacial score (nSPS) is 14.0. The molecule has 3 aromatic rings. The zero-order chi connectivity index (χ0) is 20.9. The summed E-state index contributed by atoms with van der Waals surface area (Å²) in [6.45, 7) is 2.93. The van der Waals surface area contributed by atoms with Gasteiger partial charge in [0.1, 0.15) is 5.75 Å². The van der Waals surface area contributed by atoms with E-state index in [2.05, 4.69) is 4.90 Å². The third-order valence-corrected chi connectivity index (χ3v) is 5.41. The molecule has 0 radical (unpaired) electrons. The summed E-state index contributed by atoms with van der Waals surface area (Å²) in [5, 5.41) is 11.3. The van der Waals surface area contributed by atoms with Crippen molar-refractivity contribution in [3.63, 3.8) is 0 Å². The summed E-state index contributed by atoms with van der Waals surface area (Å²) in [7, 11) is 0. The average molecular weight is 404 g/mol. The Labute approximate surface area is 175 Å². The first-order chi connectivity index (χ1) is 14.6. The van der Waals surface area contributed by atoms with E-state index in [-0.39, 0.29) is 11.5 Å². The van der Waals surface area contributed by atoms with Gasteiger partial charge in [-0.15, -0.1) is 0 Å². The molecule has 4 rings (SSSR count). The third-order valence-electron chi connectivity index (χ3n) is 5.41. The highest BCUT2D eigenvalue weighted by Gasteiger charge is 2.21. The van der Waals surface area contributed by atoms with Crippen molar-refractivity contribution in [3.05, 3.63) is 72.3 Å². The second-order valence-corrected chi connectivity index (χ2v) is 7.30. The fraction of sp³-hybridized carbons (Fsp3) is 0.250. The maximum Gasteiger partial charge on any atom is 0.335 e. The average Bonchev–Trinajstić information content (AvgIpc) is 2.79. The molecule has 1 amide bonds. The van der Waals surface area contributed by atoms with E-state index in [0.717, 1.165) is 22.2 Å². The van der Waals surface area contributed by atoms with Crippen molar-refractivity contribution in [3.8, 4) is 5.75 Å². The molecule has 6 nitrogen and oxygen atoms in total. The number of fused-ring (bicyclic) bond motifs is 1. The maximum atomic E-state index is 12.6. The van der Waals surface area contributed by atoms with Crippen molar-refractivity contribution >= 4 is 28.3 Å². The summed E-state index contributed by atoms with van der Waals surface area (Å²) in [6.07, 6.45) is 0.331. The van der Waals surface area contributed by atoms with E-state index in [4.69, 9.17) is 9.84 Å². The predicted molar refractivity (Wildman–Crippen MR) is 116 cm³/mol. The Bertz CT molecular complexity index is 1050. The Morgan fingerprint density at radius 2 is 1.63 bits per heavy atom. The largest absolute Gasteiger partial charge is 0.492 e. The molecule has 1 saturated heterocycles. The smallest absolute Gasteiger partial charge is 0.335 e. The molecule has 0 saturated carbocycles. The number of hydrogen-bond donors (Lipinski definition) is 1. The number of carbonyl (C=O) groups is 2. The molecule has 0 aliphatic carbocycles. The highest BCUT2D eigenvalue weighted by atomic mass is 16.5. The van der Waals surface area contributed by atoms with Gasteiger partial charge in [0.15, 0.2) is 0 Å². The minimum atomic E-state index is -0.933. The SMILES string of the molecule is O=C(O)c1cccc(N2CCN(C(=O)CCOc3cccc4ccccc34)CC2)c1. The van der Waals surface area contributed by atoms with Crippen LogP contribution in [-0.4, -0.2) is 54.7 Å². The molecule has 0 unspecified atom stereocenters. The number of rotatable bonds is 6. The fourth-order valence-corrected chi connectivity index (χ4v) is 3.78. The zero-order valence-electron chi connectivity index (χ0n) is 16.7. The van der Waals surface area contributed by atoms with Gasteiger partial charge >= 0.3 is 5.97 Å². The fourth-order valence-electron chi connectivity index (χ4n) is 3.78. The van der Waals surface area contributed by atoms with E-state index in [0.29, 0.717) is 39.2 Å².